The second-order valence-corrected chi connectivity index (χ2v) is 6.87. The van der Waals surface area contributed by atoms with Crippen LogP contribution in [0.5, 0.6) is 0 Å². The molecule has 1 heterocycles. The van der Waals surface area contributed by atoms with Crippen LogP contribution in [0.3, 0.4) is 0 Å². The molecule has 0 aliphatic carbocycles. The molecule has 110 valence electrons. The van der Waals surface area contributed by atoms with Crippen LogP contribution in [0.4, 0.5) is 0 Å². The van der Waals surface area contributed by atoms with Crippen molar-refractivity contribution in [3.05, 3.63) is 63.1 Å². The Balaban J connectivity index is 2.12. The van der Waals surface area contributed by atoms with Crippen molar-refractivity contribution >= 4 is 33.9 Å². The topological polar surface area (TPSA) is 46.2 Å². The van der Waals surface area contributed by atoms with E-state index < -0.39 is 10.7 Å². The van der Waals surface area contributed by atoms with E-state index in [9.17, 15) is 8.42 Å². The molecule has 3 rings (SSSR count). The van der Waals surface area contributed by atoms with Crippen LogP contribution in [-0.2, 0) is 17.2 Å². The molecule has 0 amide bonds. The average molecular weight is 342 g/mol. The molecule has 21 heavy (non-hydrogen) atoms. The van der Waals surface area contributed by atoms with Crippen molar-refractivity contribution in [1.82, 2.24) is 5.32 Å². The minimum atomic E-state index is -2.59. The van der Waals surface area contributed by atoms with Crippen LogP contribution in [0.1, 0.15) is 22.6 Å². The molecule has 0 saturated carbocycles. The maximum Gasteiger partial charge on any atom is 0.168 e. The van der Waals surface area contributed by atoms with E-state index in [-0.39, 0.29) is 5.92 Å². The predicted octanol–water partition coefficient (Wildman–Crippen LogP) is 3.20. The molecule has 6 heteroatoms. The van der Waals surface area contributed by atoms with Crippen LogP contribution >= 0.6 is 23.2 Å². The molecule has 0 bridgehead atoms. The van der Waals surface area contributed by atoms with Gasteiger partial charge in [0.25, 0.3) is 0 Å². The third-order valence-electron chi connectivity index (χ3n) is 3.70. The average Bonchev–Trinajstić information content (AvgIpc) is 2.46. The van der Waals surface area contributed by atoms with Crippen LogP contribution in [0.15, 0.2) is 41.3 Å². The second kappa shape index (κ2) is 5.97. The van der Waals surface area contributed by atoms with E-state index in [1.807, 2.05) is 12.1 Å². The predicted molar refractivity (Wildman–Crippen MR) is 85.0 cm³/mol. The summed E-state index contributed by atoms with van der Waals surface area (Å²) in [6, 6.07) is 10.6. The fourth-order valence-corrected chi connectivity index (χ4v) is 3.76. The highest BCUT2D eigenvalue weighted by Crippen LogP contribution is 2.36. The summed E-state index contributed by atoms with van der Waals surface area (Å²) in [6.07, 6.45) is 0. The Hall–Kier alpha value is -1.07. The maximum absolute atomic E-state index is 11.2. The Kier molecular flexibility index (Phi) is 4.22. The summed E-state index contributed by atoms with van der Waals surface area (Å²) in [6.45, 7) is 1.42. The van der Waals surface area contributed by atoms with Gasteiger partial charge in [-0.3, -0.25) is 0 Å². The maximum atomic E-state index is 11.2. The Labute approximate surface area is 134 Å². The summed E-state index contributed by atoms with van der Waals surface area (Å²) in [5.41, 5.74) is 3.03. The first kappa shape index (κ1) is 14.9. The van der Waals surface area contributed by atoms with Gasteiger partial charge in [-0.05, 0) is 41.0 Å². The zero-order chi connectivity index (χ0) is 15.0. The summed E-state index contributed by atoms with van der Waals surface area (Å²) in [7, 11) is -2.59. The number of halogens is 2. The van der Waals surface area contributed by atoms with E-state index in [2.05, 4.69) is 5.32 Å². The Morgan fingerprint density at radius 1 is 1.14 bits per heavy atom. The first-order valence-corrected chi connectivity index (χ1v) is 8.42. The first-order chi connectivity index (χ1) is 10.1. The van der Waals surface area contributed by atoms with Crippen LogP contribution < -0.4 is 5.32 Å². The van der Waals surface area contributed by atoms with E-state index in [1.54, 1.807) is 24.3 Å². The van der Waals surface area contributed by atoms with E-state index in [0.29, 0.717) is 21.5 Å². The Bertz CT molecular complexity index is 766. The molecule has 0 fully saturated rings. The lowest BCUT2D eigenvalue weighted by Gasteiger charge is -2.28. The number of hydrogen-bond acceptors (Lipinski definition) is 3. The molecule has 0 radical (unpaired) electrons. The van der Waals surface area contributed by atoms with E-state index in [1.165, 1.54) is 0 Å². The summed E-state index contributed by atoms with van der Waals surface area (Å²) < 4.78 is 22.3. The number of fused-ring (bicyclic) bond motifs is 1. The highest BCUT2D eigenvalue weighted by Gasteiger charge is 2.24. The molecule has 1 aliphatic heterocycles. The summed E-state index contributed by atoms with van der Waals surface area (Å²) in [5, 5.41) is 4.55. The Morgan fingerprint density at radius 3 is 2.71 bits per heavy atom. The molecular weight excluding hydrogens is 329 g/mol. The zero-order valence-electron chi connectivity index (χ0n) is 11.0. The monoisotopic (exact) mass is 341 g/mol. The molecule has 0 aromatic heterocycles. The first-order valence-electron chi connectivity index (χ1n) is 6.49. The van der Waals surface area contributed by atoms with Crippen LogP contribution in [-0.4, -0.2) is 15.0 Å². The van der Waals surface area contributed by atoms with Crippen molar-refractivity contribution in [2.45, 2.75) is 17.4 Å². The van der Waals surface area contributed by atoms with Gasteiger partial charge in [-0.25, -0.2) is 8.42 Å². The van der Waals surface area contributed by atoms with Gasteiger partial charge in [-0.1, -0.05) is 35.3 Å². The molecule has 2 aromatic carbocycles. The van der Waals surface area contributed by atoms with Gasteiger partial charge in [-0.2, -0.15) is 0 Å². The van der Waals surface area contributed by atoms with Gasteiger partial charge < -0.3 is 5.32 Å². The van der Waals surface area contributed by atoms with Gasteiger partial charge in [0.1, 0.15) is 0 Å². The summed E-state index contributed by atoms with van der Waals surface area (Å²) in [5.74, 6) is 0.0415. The largest absolute Gasteiger partial charge is 0.312 e. The lowest BCUT2D eigenvalue weighted by Crippen LogP contribution is -2.29. The number of nitrogens with one attached hydrogen (secondary N) is 1. The summed E-state index contributed by atoms with van der Waals surface area (Å²) in [4.78, 5) is 0.322. The minimum absolute atomic E-state index is 0.0415. The van der Waals surface area contributed by atoms with Gasteiger partial charge in [0.15, 0.2) is 10.7 Å². The van der Waals surface area contributed by atoms with Crippen LogP contribution in [0.25, 0.3) is 0 Å². The standard InChI is InChI=1S/C15H13Cl2NO2S/c16-10-5-12-13(7-18-8-14(12)15(17)6-10)9-2-1-3-11(4-9)21(19)20/h1-6,13,18,21H,7-8H2/t13-/m0/s1. The van der Waals surface area contributed by atoms with E-state index in [4.69, 9.17) is 23.2 Å². The van der Waals surface area contributed by atoms with E-state index in [0.717, 1.165) is 23.2 Å². The molecule has 0 spiro atoms. The van der Waals surface area contributed by atoms with Gasteiger partial charge in [0, 0.05) is 29.1 Å². The molecular formula is C15H13Cl2NO2S. The van der Waals surface area contributed by atoms with Crippen molar-refractivity contribution in [2.24, 2.45) is 0 Å². The lowest BCUT2D eigenvalue weighted by atomic mass is 9.85. The second-order valence-electron chi connectivity index (χ2n) is 4.99. The highest BCUT2D eigenvalue weighted by molar-refractivity contribution is 7.72. The van der Waals surface area contributed by atoms with Crippen molar-refractivity contribution < 1.29 is 8.42 Å². The fourth-order valence-electron chi connectivity index (χ4n) is 2.72. The molecule has 2 aromatic rings. The van der Waals surface area contributed by atoms with Crippen LogP contribution in [0, 0.1) is 0 Å². The van der Waals surface area contributed by atoms with E-state index >= 15 is 0 Å². The normalized spacial score (nSPS) is 17.8. The van der Waals surface area contributed by atoms with Gasteiger partial charge in [0.2, 0.25) is 0 Å². The quantitative estimate of drug-likeness (QED) is 0.824. The third-order valence-corrected chi connectivity index (χ3v) is 4.96. The van der Waals surface area contributed by atoms with Gasteiger partial charge >= 0.3 is 0 Å². The van der Waals surface area contributed by atoms with Crippen LogP contribution in [0.2, 0.25) is 10.0 Å². The molecule has 1 aliphatic rings. The zero-order valence-corrected chi connectivity index (χ0v) is 13.4. The van der Waals surface area contributed by atoms with Crippen molar-refractivity contribution in [3.63, 3.8) is 0 Å². The number of benzene rings is 2. The molecule has 0 saturated heterocycles. The van der Waals surface area contributed by atoms with Crippen molar-refractivity contribution in [3.8, 4) is 0 Å². The van der Waals surface area contributed by atoms with Gasteiger partial charge in [-0.15, -0.1) is 0 Å². The molecule has 0 unspecified atom stereocenters. The molecule has 1 atom stereocenters. The minimum Gasteiger partial charge on any atom is -0.312 e. The number of hydrogen-bond donors (Lipinski definition) is 2. The Morgan fingerprint density at radius 2 is 1.95 bits per heavy atom. The fraction of sp³-hybridized carbons (Fsp3) is 0.200. The van der Waals surface area contributed by atoms with Gasteiger partial charge in [0.05, 0.1) is 4.90 Å². The number of rotatable bonds is 2. The third kappa shape index (κ3) is 2.94. The van der Waals surface area contributed by atoms with Crippen molar-refractivity contribution in [1.29, 1.82) is 0 Å². The smallest absolute Gasteiger partial charge is 0.168 e. The SMILES string of the molecule is O=[SH](=O)c1cccc([C@@H]2CNCc3c(Cl)cc(Cl)cc32)c1. The molecule has 1 N–H and O–H groups in total. The molecule has 3 nitrogen and oxygen atoms in total. The highest BCUT2D eigenvalue weighted by atomic mass is 35.5. The summed E-state index contributed by atoms with van der Waals surface area (Å²) >= 11 is 12.4. The van der Waals surface area contributed by atoms with Crippen molar-refractivity contribution in [2.75, 3.05) is 6.54 Å². The number of thiol groups is 1. The lowest BCUT2D eigenvalue weighted by molar-refractivity contribution is 0.590.